The zero-order valence-electron chi connectivity index (χ0n) is 13.6. The molecule has 5 nitrogen and oxygen atoms in total. The van der Waals surface area contributed by atoms with E-state index >= 15 is 0 Å². The molecule has 1 amide bonds. The molecule has 1 fully saturated rings. The lowest BCUT2D eigenvalue weighted by Crippen LogP contribution is -2.34. The second-order valence-electron chi connectivity index (χ2n) is 6.97. The minimum absolute atomic E-state index is 0.108. The Kier molecular flexibility index (Phi) is 4.91. The number of rotatable bonds is 5. The van der Waals surface area contributed by atoms with E-state index in [9.17, 15) is 4.79 Å². The molecule has 0 aliphatic heterocycles. The third kappa shape index (κ3) is 4.76. The minimum Gasteiger partial charge on any atom is -0.444 e. The smallest absolute Gasteiger partial charge is 0.408 e. The lowest BCUT2D eigenvalue weighted by atomic mass is 9.83. The predicted molar refractivity (Wildman–Crippen MR) is 82.0 cm³/mol. The molecule has 0 unspecified atom stereocenters. The van der Waals surface area contributed by atoms with E-state index in [0.29, 0.717) is 0 Å². The molecule has 0 aromatic carbocycles. The summed E-state index contributed by atoms with van der Waals surface area (Å²) in [4.78, 5) is 16.1. The number of carbonyl (C=O) groups is 1. The number of alkyl carbamates (subject to hydrolysis) is 1. The molecule has 1 atom stereocenters. The van der Waals surface area contributed by atoms with E-state index in [1.165, 1.54) is 25.7 Å². The van der Waals surface area contributed by atoms with Crippen LogP contribution in [0, 0.1) is 5.92 Å². The fourth-order valence-corrected chi connectivity index (χ4v) is 2.54. The monoisotopic (exact) mass is 293 g/mol. The first-order valence-corrected chi connectivity index (χ1v) is 7.84. The molecule has 1 aliphatic carbocycles. The normalized spacial score (nSPS) is 17.1. The molecular weight excluding hydrogens is 266 g/mol. The maximum Gasteiger partial charge on any atom is 0.408 e. The average Bonchev–Trinajstić information content (AvgIpc) is 2.72. The molecule has 0 bridgehead atoms. The highest BCUT2D eigenvalue weighted by atomic mass is 16.6. The maximum absolute atomic E-state index is 11.8. The van der Waals surface area contributed by atoms with Crippen molar-refractivity contribution in [2.75, 3.05) is 0 Å². The summed E-state index contributed by atoms with van der Waals surface area (Å²) in [6, 6.07) is -0.108. The Labute approximate surface area is 127 Å². The minimum atomic E-state index is -0.478. The van der Waals surface area contributed by atoms with Gasteiger partial charge in [0.2, 0.25) is 0 Å². The molecule has 1 aliphatic rings. The van der Waals surface area contributed by atoms with Gasteiger partial charge in [-0.1, -0.05) is 19.3 Å². The van der Waals surface area contributed by atoms with Gasteiger partial charge in [-0.3, -0.25) is 0 Å². The van der Waals surface area contributed by atoms with Gasteiger partial charge in [0.1, 0.15) is 5.60 Å². The predicted octanol–water partition coefficient (Wildman–Crippen LogP) is 3.66. The van der Waals surface area contributed by atoms with Crippen LogP contribution in [0.4, 0.5) is 4.79 Å². The highest BCUT2D eigenvalue weighted by molar-refractivity contribution is 5.68. The maximum atomic E-state index is 11.8. The molecule has 1 aromatic heterocycles. The van der Waals surface area contributed by atoms with Crippen LogP contribution in [0.15, 0.2) is 12.5 Å². The van der Waals surface area contributed by atoms with Crippen LogP contribution in [0.5, 0.6) is 0 Å². The number of carbonyl (C=O) groups excluding carboxylic acids is 1. The quantitative estimate of drug-likeness (QED) is 0.901. The first-order valence-electron chi connectivity index (χ1n) is 7.84. The van der Waals surface area contributed by atoms with Crippen molar-refractivity contribution >= 4 is 6.09 Å². The third-order valence-electron chi connectivity index (χ3n) is 3.92. The van der Waals surface area contributed by atoms with Crippen LogP contribution in [0.1, 0.15) is 65.1 Å². The van der Waals surface area contributed by atoms with Gasteiger partial charge in [-0.25, -0.2) is 9.78 Å². The zero-order chi connectivity index (χ0) is 15.5. The van der Waals surface area contributed by atoms with Crippen molar-refractivity contribution in [1.29, 1.82) is 0 Å². The number of aryl methyl sites for hydroxylation is 1. The van der Waals surface area contributed by atoms with Crippen LogP contribution >= 0.6 is 0 Å². The number of ether oxygens (including phenoxy) is 1. The highest BCUT2D eigenvalue weighted by Gasteiger charge is 2.21. The highest BCUT2D eigenvalue weighted by Crippen LogP contribution is 2.30. The first kappa shape index (κ1) is 15.9. The lowest BCUT2D eigenvalue weighted by Gasteiger charge is -2.26. The Morgan fingerprint density at radius 3 is 2.81 bits per heavy atom. The molecule has 0 spiro atoms. The van der Waals surface area contributed by atoms with E-state index in [0.717, 1.165) is 18.2 Å². The van der Waals surface area contributed by atoms with Gasteiger partial charge in [0.15, 0.2) is 0 Å². The third-order valence-corrected chi connectivity index (χ3v) is 3.92. The molecule has 1 aromatic rings. The van der Waals surface area contributed by atoms with Gasteiger partial charge in [0.25, 0.3) is 0 Å². The molecule has 1 heterocycles. The summed E-state index contributed by atoms with van der Waals surface area (Å²) in [5, 5.41) is 2.87. The molecular formula is C16H27N3O2. The topological polar surface area (TPSA) is 56.1 Å². The Morgan fingerprint density at radius 2 is 2.24 bits per heavy atom. The summed E-state index contributed by atoms with van der Waals surface area (Å²) in [5.41, 5.74) is 0.550. The number of nitrogens with zero attached hydrogens (tertiary/aromatic N) is 2. The Morgan fingerprint density at radius 1 is 1.52 bits per heavy atom. The van der Waals surface area contributed by atoms with E-state index < -0.39 is 5.60 Å². The van der Waals surface area contributed by atoms with Crippen LogP contribution in [0.2, 0.25) is 0 Å². The van der Waals surface area contributed by atoms with Gasteiger partial charge in [-0.15, -0.1) is 0 Å². The fraction of sp³-hybridized carbons (Fsp3) is 0.750. The average molecular weight is 293 g/mol. The van der Waals surface area contributed by atoms with E-state index in [1.54, 1.807) is 0 Å². The standard InChI is InChI=1S/C16H27N3O2/c1-12(18-15(20)21-16(2,3)4)14-10-17-11-19(14)9-8-13-6-5-7-13/h10-13H,5-9H2,1-4H3,(H,18,20)/t12-/m1/s1. The summed E-state index contributed by atoms with van der Waals surface area (Å²) >= 11 is 0. The number of hydrogen-bond acceptors (Lipinski definition) is 3. The molecule has 2 rings (SSSR count). The fourth-order valence-electron chi connectivity index (χ4n) is 2.54. The van der Waals surface area contributed by atoms with Crippen molar-refractivity contribution in [3.05, 3.63) is 18.2 Å². The molecule has 118 valence electrons. The Balaban J connectivity index is 1.88. The van der Waals surface area contributed by atoms with Crippen LogP contribution in [-0.2, 0) is 11.3 Å². The van der Waals surface area contributed by atoms with Crippen LogP contribution in [0.3, 0.4) is 0 Å². The number of hydrogen-bond donors (Lipinski definition) is 1. The molecule has 21 heavy (non-hydrogen) atoms. The van der Waals surface area contributed by atoms with Crippen molar-refractivity contribution in [3.8, 4) is 0 Å². The molecule has 5 heteroatoms. The van der Waals surface area contributed by atoms with Gasteiger partial charge >= 0.3 is 6.09 Å². The van der Waals surface area contributed by atoms with Crippen LogP contribution in [0.25, 0.3) is 0 Å². The van der Waals surface area contributed by atoms with Gasteiger partial charge in [0, 0.05) is 6.54 Å². The van der Waals surface area contributed by atoms with Crippen LogP contribution < -0.4 is 5.32 Å². The number of nitrogens with one attached hydrogen (secondary N) is 1. The second-order valence-corrected chi connectivity index (χ2v) is 6.97. The van der Waals surface area contributed by atoms with Crippen molar-refractivity contribution in [3.63, 3.8) is 0 Å². The Hall–Kier alpha value is -1.52. The molecule has 1 N–H and O–H groups in total. The molecule has 0 radical (unpaired) electrons. The summed E-state index contributed by atoms with van der Waals surface area (Å²) in [7, 11) is 0. The van der Waals surface area contributed by atoms with Crippen LogP contribution in [-0.4, -0.2) is 21.2 Å². The van der Waals surface area contributed by atoms with Crippen molar-refractivity contribution < 1.29 is 9.53 Å². The van der Waals surface area contributed by atoms with E-state index in [4.69, 9.17) is 4.74 Å². The summed E-state index contributed by atoms with van der Waals surface area (Å²) in [6.45, 7) is 8.52. The van der Waals surface area contributed by atoms with E-state index in [2.05, 4.69) is 14.9 Å². The second kappa shape index (κ2) is 6.50. The van der Waals surface area contributed by atoms with Gasteiger partial charge in [0.05, 0.1) is 24.3 Å². The lowest BCUT2D eigenvalue weighted by molar-refractivity contribution is 0.0506. The van der Waals surface area contributed by atoms with E-state index in [-0.39, 0.29) is 12.1 Å². The van der Waals surface area contributed by atoms with Crippen molar-refractivity contribution in [2.45, 2.75) is 71.6 Å². The summed E-state index contributed by atoms with van der Waals surface area (Å²) in [5.74, 6) is 0.870. The van der Waals surface area contributed by atoms with Gasteiger partial charge in [-0.2, -0.15) is 0 Å². The van der Waals surface area contributed by atoms with E-state index in [1.807, 2.05) is 40.2 Å². The zero-order valence-corrected chi connectivity index (χ0v) is 13.6. The van der Waals surface area contributed by atoms with Gasteiger partial charge in [-0.05, 0) is 40.0 Å². The summed E-state index contributed by atoms with van der Waals surface area (Å²) in [6.07, 6.45) is 8.57. The number of aromatic nitrogens is 2. The molecule has 1 saturated carbocycles. The number of imidazole rings is 1. The largest absolute Gasteiger partial charge is 0.444 e. The summed E-state index contributed by atoms with van der Waals surface area (Å²) < 4.78 is 7.43. The Bertz CT molecular complexity index is 472. The van der Waals surface area contributed by atoms with Crippen molar-refractivity contribution in [1.82, 2.24) is 14.9 Å². The first-order chi connectivity index (χ1) is 9.85. The molecule has 0 saturated heterocycles. The number of amides is 1. The van der Waals surface area contributed by atoms with Crippen molar-refractivity contribution in [2.24, 2.45) is 5.92 Å². The van der Waals surface area contributed by atoms with Gasteiger partial charge < -0.3 is 14.6 Å². The SMILES string of the molecule is C[C@@H](NC(=O)OC(C)(C)C)c1cncn1CCC1CCC1.